The molecule has 0 bridgehead atoms. The van der Waals surface area contributed by atoms with Gasteiger partial charge in [0.15, 0.2) is 0 Å². The molecule has 0 fully saturated rings. The summed E-state index contributed by atoms with van der Waals surface area (Å²) in [5.41, 5.74) is 3.51. The Balaban J connectivity index is 2.28. The Morgan fingerprint density at radius 3 is 2.79 bits per heavy atom. The van der Waals surface area contributed by atoms with E-state index in [1.54, 1.807) is 5.38 Å². The van der Waals surface area contributed by atoms with Gasteiger partial charge in [0.1, 0.15) is 10.7 Å². The zero-order chi connectivity index (χ0) is 14.0. The van der Waals surface area contributed by atoms with E-state index >= 15 is 0 Å². The van der Waals surface area contributed by atoms with Crippen LogP contribution in [0.2, 0.25) is 0 Å². The van der Waals surface area contributed by atoms with Gasteiger partial charge in [0.05, 0.1) is 11.3 Å². The third kappa shape index (κ3) is 2.68. The van der Waals surface area contributed by atoms with Gasteiger partial charge in [-0.15, -0.1) is 11.3 Å². The molecule has 0 radical (unpaired) electrons. The third-order valence-electron chi connectivity index (χ3n) is 3.00. The second-order valence-corrected chi connectivity index (χ2v) is 5.32. The number of rotatable bonds is 4. The van der Waals surface area contributed by atoms with Crippen LogP contribution in [0.15, 0.2) is 5.38 Å². The maximum absolute atomic E-state index is 11.8. The van der Waals surface area contributed by atoms with Crippen LogP contribution in [0.5, 0.6) is 0 Å². The van der Waals surface area contributed by atoms with Gasteiger partial charge in [-0.2, -0.15) is 5.10 Å². The fourth-order valence-corrected chi connectivity index (χ4v) is 2.85. The topological polar surface area (TPSA) is 59.8 Å². The molecule has 0 unspecified atom stereocenters. The van der Waals surface area contributed by atoms with E-state index in [4.69, 9.17) is 0 Å². The molecule has 19 heavy (non-hydrogen) atoms. The summed E-state index contributed by atoms with van der Waals surface area (Å²) in [5, 5.41) is 9.86. The molecule has 1 amide bonds. The molecule has 0 saturated carbocycles. The minimum Gasteiger partial charge on any atom is -0.351 e. The van der Waals surface area contributed by atoms with Gasteiger partial charge in [0.2, 0.25) is 0 Å². The van der Waals surface area contributed by atoms with Crippen LogP contribution in [0.3, 0.4) is 0 Å². The molecule has 0 aliphatic rings. The highest BCUT2D eigenvalue weighted by Gasteiger charge is 2.17. The first-order valence-electron chi connectivity index (χ1n) is 6.28. The zero-order valence-corrected chi connectivity index (χ0v) is 12.5. The molecule has 0 spiro atoms. The van der Waals surface area contributed by atoms with Crippen LogP contribution < -0.4 is 5.32 Å². The Morgan fingerprint density at radius 2 is 2.21 bits per heavy atom. The highest BCUT2D eigenvalue weighted by Crippen LogP contribution is 2.29. The van der Waals surface area contributed by atoms with Gasteiger partial charge in [-0.05, 0) is 20.3 Å². The largest absolute Gasteiger partial charge is 0.351 e. The number of aromatic nitrogens is 3. The van der Waals surface area contributed by atoms with E-state index < -0.39 is 0 Å². The van der Waals surface area contributed by atoms with Crippen LogP contribution in [-0.4, -0.2) is 27.2 Å². The number of amides is 1. The van der Waals surface area contributed by atoms with Gasteiger partial charge in [-0.25, -0.2) is 4.98 Å². The first-order valence-corrected chi connectivity index (χ1v) is 7.16. The molecule has 2 aromatic heterocycles. The molecule has 0 aromatic carbocycles. The summed E-state index contributed by atoms with van der Waals surface area (Å²) < 4.78 is 1.84. The Kier molecular flexibility index (Phi) is 3.99. The summed E-state index contributed by atoms with van der Waals surface area (Å²) in [5.74, 6) is -0.108. The van der Waals surface area contributed by atoms with Crippen LogP contribution >= 0.6 is 11.3 Å². The smallest absolute Gasteiger partial charge is 0.270 e. The quantitative estimate of drug-likeness (QED) is 0.933. The summed E-state index contributed by atoms with van der Waals surface area (Å²) >= 11 is 1.48. The van der Waals surface area contributed by atoms with Crippen molar-refractivity contribution < 1.29 is 4.79 Å². The lowest BCUT2D eigenvalue weighted by molar-refractivity contribution is 0.0949. The minimum absolute atomic E-state index is 0.108. The molecule has 6 heteroatoms. The number of aryl methyl sites for hydroxylation is 2. The molecule has 0 aliphatic heterocycles. The first-order chi connectivity index (χ1) is 9.04. The Hall–Kier alpha value is -1.69. The van der Waals surface area contributed by atoms with E-state index in [1.165, 1.54) is 11.3 Å². The van der Waals surface area contributed by atoms with Crippen LogP contribution in [0.1, 0.15) is 35.2 Å². The SMILES string of the molecule is CCCNC(=O)c1csc(-c2c(C)nn(C)c2C)n1. The molecule has 2 heterocycles. The second kappa shape index (κ2) is 5.52. The number of hydrogen-bond donors (Lipinski definition) is 1. The molecule has 1 N–H and O–H groups in total. The average molecular weight is 278 g/mol. The second-order valence-electron chi connectivity index (χ2n) is 4.46. The van der Waals surface area contributed by atoms with Crippen LogP contribution in [0, 0.1) is 13.8 Å². The lowest BCUT2D eigenvalue weighted by Gasteiger charge is -1.99. The zero-order valence-electron chi connectivity index (χ0n) is 11.6. The molecular weight excluding hydrogens is 260 g/mol. The first kappa shape index (κ1) is 13.7. The van der Waals surface area contributed by atoms with Crippen molar-refractivity contribution >= 4 is 17.2 Å². The summed E-state index contributed by atoms with van der Waals surface area (Å²) in [7, 11) is 1.91. The molecule has 102 valence electrons. The molecule has 2 rings (SSSR count). The van der Waals surface area contributed by atoms with Crippen molar-refractivity contribution in [1.82, 2.24) is 20.1 Å². The van der Waals surface area contributed by atoms with Gasteiger partial charge in [-0.3, -0.25) is 9.48 Å². The number of thiazole rings is 1. The number of hydrogen-bond acceptors (Lipinski definition) is 4. The molecule has 0 aliphatic carbocycles. The van der Waals surface area contributed by atoms with E-state index in [0.717, 1.165) is 28.4 Å². The van der Waals surface area contributed by atoms with Gasteiger partial charge in [0, 0.05) is 24.7 Å². The monoisotopic (exact) mass is 278 g/mol. The summed E-state index contributed by atoms with van der Waals surface area (Å²) in [6.45, 7) is 6.67. The Morgan fingerprint density at radius 1 is 1.47 bits per heavy atom. The van der Waals surface area contributed by atoms with Gasteiger partial charge >= 0.3 is 0 Å². The van der Waals surface area contributed by atoms with E-state index in [-0.39, 0.29) is 5.91 Å². The van der Waals surface area contributed by atoms with Crippen molar-refractivity contribution in [3.8, 4) is 10.6 Å². The maximum Gasteiger partial charge on any atom is 0.270 e. The van der Waals surface area contributed by atoms with Crippen LogP contribution in [0.25, 0.3) is 10.6 Å². The number of nitrogens with one attached hydrogen (secondary N) is 1. The predicted molar refractivity (Wildman–Crippen MR) is 76.4 cm³/mol. The van der Waals surface area contributed by atoms with E-state index in [0.29, 0.717) is 12.2 Å². The van der Waals surface area contributed by atoms with E-state index in [2.05, 4.69) is 15.4 Å². The Bertz CT molecular complexity index is 600. The number of carbonyl (C=O) groups is 1. The van der Waals surface area contributed by atoms with E-state index in [9.17, 15) is 4.79 Å². The maximum atomic E-state index is 11.8. The van der Waals surface area contributed by atoms with Gasteiger partial charge in [0.25, 0.3) is 5.91 Å². The summed E-state index contributed by atoms with van der Waals surface area (Å²) in [4.78, 5) is 16.3. The predicted octanol–water partition coefficient (Wildman–Crippen LogP) is 2.30. The Labute approximate surface area is 116 Å². The summed E-state index contributed by atoms with van der Waals surface area (Å²) in [6.07, 6.45) is 0.920. The van der Waals surface area contributed by atoms with Crippen molar-refractivity contribution in [2.24, 2.45) is 7.05 Å². The average Bonchev–Trinajstić information content (AvgIpc) is 2.93. The third-order valence-corrected chi connectivity index (χ3v) is 3.86. The van der Waals surface area contributed by atoms with Gasteiger partial charge in [-0.1, -0.05) is 6.92 Å². The number of nitrogens with zero attached hydrogens (tertiary/aromatic N) is 3. The highest BCUT2D eigenvalue weighted by atomic mass is 32.1. The van der Waals surface area contributed by atoms with Crippen LogP contribution in [0.4, 0.5) is 0 Å². The van der Waals surface area contributed by atoms with Gasteiger partial charge < -0.3 is 5.32 Å². The van der Waals surface area contributed by atoms with Crippen molar-refractivity contribution in [1.29, 1.82) is 0 Å². The minimum atomic E-state index is -0.108. The van der Waals surface area contributed by atoms with Crippen molar-refractivity contribution in [2.75, 3.05) is 6.54 Å². The standard InChI is InChI=1S/C13H18N4OS/c1-5-6-14-12(18)10-7-19-13(15-10)11-8(2)16-17(4)9(11)3/h7H,5-6H2,1-4H3,(H,14,18). The summed E-state index contributed by atoms with van der Waals surface area (Å²) in [6, 6.07) is 0. The highest BCUT2D eigenvalue weighted by molar-refractivity contribution is 7.13. The normalized spacial score (nSPS) is 10.7. The van der Waals surface area contributed by atoms with Crippen molar-refractivity contribution in [3.05, 3.63) is 22.5 Å². The van der Waals surface area contributed by atoms with Crippen molar-refractivity contribution in [3.63, 3.8) is 0 Å². The molecule has 5 nitrogen and oxygen atoms in total. The van der Waals surface area contributed by atoms with E-state index in [1.807, 2.05) is 32.5 Å². The molecular formula is C13H18N4OS. The van der Waals surface area contributed by atoms with Crippen LogP contribution in [-0.2, 0) is 7.05 Å². The molecule has 0 atom stereocenters. The molecule has 2 aromatic rings. The number of carbonyl (C=O) groups excluding carboxylic acids is 1. The fraction of sp³-hybridized carbons (Fsp3) is 0.462. The molecule has 0 saturated heterocycles. The lowest BCUT2D eigenvalue weighted by Crippen LogP contribution is -2.24. The van der Waals surface area contributed by atoms with Crippen molar-refractivity contribution in [2.45, 2.75) is 27.2 Å². The lowest BCUT2D eigenvalue weighted by atomic mass is 10.2. The fourth-order valence-electron chi connectivity index (χ4n) is 1.91.